The van der Waals surface area contributed by atoms with E-state index < -0.39 is 0 Å². The lowest BCUT2D eigenvalue weighted by Crippen LogP contribution is -2.02. The molecule has 0 bridgehead atoms. The van der Waals surface area contributed by atoms with Gasteiger partial charge in [-0.25, -0.2) is 0 Å². The van der Waals surface area contributed by atoms with Gasteiger partial charge in [0.05, 0.1) is 10.7 Å². The highest BCUT2D eigenvalue weighted by molar-refractivity contribution is 9.10. The number of hydrogen-bond acceptors (Lipinski definition) is 2. The van der Waals surface area contributed by atoms with Gasteiger partial charge in [-0.3, -0.25) is 4.68 Å². The molecule has 0 radical (unpaired) electrons. The number of nitrogen functional groups attached to an aromatic ring is 1. The van der Waals surface area contributed by atoms with Crippen molar-refractivity contribution in [1.29, 1.82) is 0 Å². The summed E-state index contributed by atoms with van der Waals surface area (Å²) in [7, 11) is 1.86. The predicted octanol–water partition coefficient (Wildman–Crippen LogP) is 4.28. The first-order valence-electron chi connectivity index (χ1n) is 6.17. The Morgan fingerprint density at radius 1 is 1.42 bits per heavy atom. The highest BCUT2D eigenvalue weighted by Gasteiger charge is 2.18. The number of nitrogens with two attached hydrogens (primary N) is 1. The number of aryl methyl sites for hydroxylation is 1. The molecule has 2 aromatic rings. The molecule has 2 N–H and O–H groups in total. The summed E-state index contributed by atoms with van der Waals surface area (Å²) in [6.45, 7) is 4.33. The van der Waals surface area contributed by atoms with Crippen molar-refractivity contribution in [2.45, 2.75) is 20.3 Å². The molecule has 0 aliphatic carbocycles. The van der Waals surface area contributed by atoms with Crippen LogP contribution in [0.4, 0.5) is 5.82 Å². The Morgan fingerprint density at radius 2 is 2.11 bits per heavy atom. The van der Waals surface area contributed by atoms with Gasteiger partial charge >= 0.3 is 0 Å². The molecule has 0 atom stereocenters. The Balaban J connectivity index is 2.61. The molecule has 0 spiro atoms. The molecule has 19 heavy (non-hydrogen) atoms. The van der Waals surface area contributed by atoms with E-state index in [-0.39, 0.29) is 0 Å². The van der Waals surface area contributed by atoms with Crippen molar-refractivity contribution in [1.82, 2.24) is 9.78 Å². The van der Waals surface area contributed by atoms with Gasteiger partial charge in [0.1, 0.15) is 5.82 Å². The monoisotopic (exact) mass is 341 g/mol. The lowest BCUT2D eigenvalue weighted by atomic mass is 9.99. The molecule has 0 aliphatic rings. The van der Waals surface area contributed by atoms with E-state index in [0.717, 1.165) is 27.7 Å². The average Bonchev–Trinajstić information content (AvgIpc) is 2.60. The summed E-state index contributed by atoms with van der Waals surface area (Å²) in [5, 5.41) is 5.21. The van der Waals surface area contributed by atoms with Gasteiger partial charge in [0.25, 0.3) is 0 Å². The zero-order valence-electron chi connectivity index (χ0n) is 11.2. The number of aromatic nitrogens is 2. The second kappa shape index (κ2) is 5.55. The maximum atomic E-state index is 6.29. The van der Waals surface area contributed by atoms with E-state index in [1.165, 1.54) is 0 Å². The van der Waals surface area contributed by atoms with Gasteiger partial charge < -0.3 is 5.73 Å². The number of nitrogens with zero attached hydrogens (tertiary/aromatic N) is 2. The van der Waals surface area contributed by atoms with Crippen LogP contribution in [-0.2, 0) is 13.5 Å². The van der Waals surface area contributed by atoms with Crippen LogP contribution < -0.4 is 5.73 Å². The third kappa shape index (κ3) is 2.95. The lowest BCUT2D eigenvalue weighted by Gasteiger charge is -2.08. The Morgan fingerprint density at radius 3 is 2.74 bits per heavy atom. The third-order valence-corrected chi connectivity index (χ3v) is 3.81. The summed E-state index contributed by atoms with van der Waals surface area (Å²) in [5.41, 5.74) is 8.98. The van der Waals surface area contributed by atoms with E-state index in [2.05, 4.69) is 34.9 Å². The van der Waals surface area contributed by atoms with Gasteiger partial charge in [0.2, 0.25) is 0 Å². The van der Waals surface area contributed by atoms with Gasteiger partial charge in [-0.15, -0.1) is 0 Å². The van der Waals surface area contributed by atoms with Crippen LogP contribution in [0.2, 0.25) is 5.02 Å². The van der Waals surface area contributed by atoms with Gasteiger partial charge in [-0.2, -0.15) is 5.10 Å². The minimum Gasteiger partial charge on any atom is -0.384 e. The Hall–Kier alpha value is -1.00. The Bertz CT molecular complexity index is 605. The number of benzene rings is 1. The third-order valence-electron chi connectivity index (χ3n) is 2.99. The van der Waals surface area contributed by atoms with E-state index in [1.54, 1.807) is 4.68 Å². The van der Waals surface area contributed by atoms with Crippen molar-refractivity contribution in [3.05, 3.63) is 33.3 Å². The number of anilines is 1. The van der Waals surface area contributed by atoms with E-state index >= 15 is 0 Å². The fraction of sp³-hybridized carbons (Fsp3) is 0.357. The summed E-state index contributed by atoms with van der Waals surface area (Å²) in [6, 6.07) is 5.76. The van der Waals surface area contributed by atoms with Crippen LogP contribution >= 0.6 is 27.5 Å². The molecule has 0 saturated heterocycles. The fourth-order valence-corrected chi connectivity index (χ4v) is 2.65. The predicted molar refractivity (Wildman–Crippen MR) is 84.3 cm³/mol. The summed E-state index contributed by atoms with van der Waals surface area (Å²) in [4.78, 5) is 0. The molecule has 1 aromatic heterocycles. The first-order valence-corrected chi connectivity index (χ1v) is 7.34. The van der Waals surface area contributed by atoms with Crippen molar-refractivity contribution in [3.63, 3.8) is 0 Å². The molecule has 2 rings (SSSR count). The maximum absolute atomic E-state index is 6.29. The van der Waals surface area contributed by atoms with Crippen LogP contribution in [0.15, 0.2) is 22.7 Å². The second-order valence-electron chi connectivity index (χ2n) is 5.06. The van der Waals surface area contributed by atoms with Gasteiger partial charge in [-0.05, 0) is 30.5 Å². The molecule has 1 aromatic carbocycles. The molecular weight excluding hydrogens is 326 g/mol. The fourth-order valence-electron chi connectivity index (χ4n) is 2.09. The molecule has 0 saturated carbocycles. The highest BCUT2D eigenvalue weighted by Crippen LogP contribution is 2.35. The average molecular weight is 343 g/mol. The number of halogens is 2. The second-order valence-corrected chi connectivity index (χ2v) is 6.38. The number of rotatable bonds is 3. The molecule has 5 heteroatoms. The molecular formula is C14H17BrClN3. The summed E-state index contributed by atoms with van der Waals surface area (Å²) < 4.78 is 2.69. The molecule has 0 fully saturated rings. The molecule has 1 heterocycles. The zero-order valence-corrected chi connectivity index (χ0v) is 13.6. The van der Waals surface area contributed by atoms with E-state index in [0.29, 0.717) is 16.8 Å². The first kappa shape index (κ1) is 14.4. The largest absolute Gasteiger partial charge is 0.384 e. The molecule has 3 nitrogen and oxygen atoms in total. The Kier molecular flexibility index (Phi) is 4.21. The number of hydrogen-bond donors (Lipinski definition) is 1. The summed E-state index contributed by atoms with van der Waals surface area (Å²) >= 11 is 9.76. The minimum atomic E-state index is 0.510. The van der Waals surface area contributed by atoms with Gasteiger partial charge in [0.15, 0.2) is 0 Å². The van der Waals surface area contributed by atoms with Crippen molar-refractivity contribution in [2.75, 3.05) is 5.73 Å². The molecule has 0 amide bonds. The van der Waals surface area contributed by atoms with Crippen LogP contribution in [0.1, 0.15) is 19.4 Å². The summed E-state index contributed by atoms with van der Waals surface area (Å²) in [6.07, 6.45) is 0.887. The van der Waals surface area contributed by atoms with Crippen LogP contribution in [0.3, 0.4) is 0 Å². The molecule has 102 valence electrons. The van der Waals surface area contributed by atoms with Crippen LogP contribution in [0.25, 0.3) is 11.3 Å². The van der Waals surface area contributed by atoms with Crippen LogP contribution in [-0.4, -0.2) is 9.78 Å². The van der Waals surface area contributed by atoms with Gasteiger partial charge in [0, 0.05) is 22.6 Å². The lowest BCUT2D eigenvalue weighted by molar-refractivity contribution is 0.648. The molecule has 0 unspecified atom stereocenters. The minimum absolute atomic E-state index is 0.510. The van der Waals surface area contributed by atoms with Crippen LogP contribution in [0, 0.1) is 5.92 Å². The smallest absolute Gasteiger partial charge is 0.125 e. The van der Waals surface area contributed by atoms with E-state index in [1.807, 2.05) is 25.2 Å². The quantitative estimate of drug-likeness (QED) is 0.904. The van der Waals surface area contributed by atoms with E-state index in [9.17, 15) is 0 Å². The first-order chi connectivity index (χ1) is 8.90. The van der Waals surface area contributed by atoms with Crippen molar-refractivity contribution in [2.24, 2.45) is 13.0 Å². The zero-order chi connectivity index (χ0) is 14.2. The standard InChI is InChI=1S/C14H17BrClN3/c1-8(2)6-11-13(18-19(3)14(11)17)10-7-9(15)4-5-12(10)16/h4-5,7-8H,6,17H2,1-3H3. The van der Waals surface area contributed by atoms with E-state index in [4.69, 9.17) is 17.3 Å². The highest BCUT2D eigenvalue weighted by atomic mass is 79.9. The maximum Gasteiger partial charge on any atom is 0.125 e. The van der Waals surface area contributed by atoms with Crippen molar-refractivity contribution < 1.29 is 0 Å². The van der Waals surface area contributed by atoms with Crippen molar-refractivity contribution in [3.8, 4) is 11.3 Å². The normalized spacial score (nSPS) is 11.3. The topological polar surface area (TPSA) is 43.8 Å². The van der Waals surface area contributed by atoms with Crippen LogP contribution in [0.5, 0.6) is 0 Å². The summed E-state index contributed by atoms with van der Waals surface area (Å²) in [5.74, 6) is 1.22. The van der Waals surface area contributed by atoms with Crippen molar-refractivity contribution >= 4 is 33.3 Å². The molecule has 0 aliphatic heterocycles. The Labute approximate surface area is 126 Å². The van der Waals surface area contributed by atoms with Gasteiger partial charge in [-0.1, -0.05) is 41.4 Å². The SMILES string of the molecule is CC(C)Cc1c(-c2cc(Br)ccc2Cl)nn(C)c1N.